The first-order valence-electron chi connectivity index (χ1n) is 9.73. The molecule has 0 heterocycles. The number of para-hydroxylation sites is 1. The van der Waals surface area contributed by atoms with Crippen LogP contribution >= 0.6 is 0 Å². The van der Waals surface area contributed by atoms with Gasteiger partial charge in [0.05, 0.1) is 0 Å². The Balaban J connectivity index is 2.14. The number of nitrogens with zero attached hydrogens (tertiary/aromatic N) is 1. The monoisotopic (exact) mass is 382 g/mol. The van der Waals surface area contributed by atoms with E-state index in [9.17, 15) is 9.59 Å². The summed E-state index contributed by atoms with van der Waals surface area (Å²) in [5.74, 6) is 0.303. The van der Waals surface area contributed by atoms with Crippen molar-refractivity contribution in [3.63, 3.8) is 0 Å². The van der Waals surface area contributed by atoms with Gasteiger partial charge in [0, 0.05) is 13.1 Å². The molecule has 28 heavy (non-hydrogen) atoms. The van der Waals surface area contributed by atoms with Gasteiger partial charge in [-0.2, -0.15) is 0 Å². The first-order chi connectivity index (χ1) is 13.4. The second-order valence-corrected chi connectivity index (χ2v) is 7.03. The van der Waals surface area contributed by atoms with Crippen LogP contribution in [0.1, 0.15) is 37.0 Å². The standard InChI is InChI=1S/C23H30N2O3/c1-5-13-24-23(27)19(4)25(15-20-11-8-9-17(2)14-20)22(26)16-28-21-12-7-6-10-18(21)3/h6-12,14,19H,5,13,15-16H2,1-4H3,(H,24,27)/t19-/m1/s1. The van der Waals surface area contributed by atoms with Crippen molar-refractivity contribution in [2.24, 2.45) is 0 Å². The molecule has 0 aromatic heterocycles. The van der Waals surface area contributed by atoms with Crippen molar-refractivity contribution in [1.82, 2.24) is 10.2 Å². The van der Waals surface area contributed by atoms with Gasteiger partial charge in [-0.3, -0.25) is 9.59 Å². The van der Waals surface area contributed by atoms with Crippen LogP contribution in [0.15, 0.2) is 48.5 Å². The fraction of sp³-hybridized carbons (Fsp3) is 0.391. The highest BCUT2D eigenvalue weighted by molar-refractivity contribution is 5.87. The summed E-state index contributed by atoms with van der Waals surface area (Å²) in [5.41, 5.74) is 3.07. The molecule has 5 nitrogen and oxygen atoms in total. The fourth-order valence-electron chi connectivity index (χ4n) is 2.93. The molecule has 150 valence electrons. The van der Waals surface area contributed by atoms with Crippen LogP contribution in [0.4, 0.5) is 0 Å². The Morgan fingerprint density at radius 3 is 2.54 bits per heavy atom. The molecule has 1 N–H and O–H groups in total. The molecular weight excluding hydrogens is 352 g/mol. The molecule has 0 bridgehead atoms. The third kappa shape index (κ3) is 6.12. The second kappa shape index (κ2) is 10.5. The Morgan fingerprint density at radius 1 is 1.11 bits per heavy atom. The largest absolute Gasteiger partial charge is 0.484 e. The molecule has 2 aromatic rings. The zero-order chi connectivity index (χ0) is 20.5. The van der Waals surface area contributed by atoms with E-state index in [2.05, 4.69) is 5.32 Å². The van der Waals surface area contributed by atoms with Gasteiger partial charge in [0.2, 0.25) is 5.91 Å². The molecule has 0 aliphatic heterocycles. The van der Waals surface area contributed by atoms with Gasteiger partial charge in [0.25, 0.3) is 5.91 Å². The summed E-state index contributed by atoms with van der Waals surface area (Å²) in [6, 6.07) is 14.9. The van der Waals surface area contributed by atoms with E-state index < -0.39 is 6.04 Å². The Morgan fingerprint density at radius 2 is 1.86 bits per heavy atom. The smallest absolute Gasteiger partial charge is 0.261 e. The summed E-state index contributed by atoms with van der Waals surface area (Å²) >= 11 is 0. The maximum absolute atomic E-state index is 13.0. The van der Waals surface area contributed by atoms with Crippen LogP contribution in [0.5, 0.6) is 5.75 Å². The zero-order valence-electron chi connectivity index (χ0n) is 17.2. The van der Waals surface area contributed by atoms with Crippen LogP contribution in [0.25, 0.3) is 0 Å². The van der Waals surface area contributed by atoms with Crippen LogP contribution in [-0.2, 0) is 16.1 Å². The molecule has 1 atom stereocenters. The SMILES string of the molecule is CCCNC(=O)[C@@H](C)N(Cc1cccc(C)c1)C(=O)COc1ccccc1C. The number of carbonyl (C=O) groups excluding carboxylic acids is 2. The van der Waals surface area contributed by atoms with Crippen LogP contribution in [0.2, 0.25) is 0 Å². The van der Waals surface area contributed by atoms with Crippen molar-refractivity contribution in [2.75, 3.05) is 13.2 Å². The molecule has 2 amide bonds. The highest BCUT2D eigenvalue weighted by atomic mass is 16.5. The van der Waals surface area contributed by atoms with E-state index >= 15 is 0 Å². The van der Waals surface area contributed by atoms with Gasteiger partial charge in [0.1, 0.15) is 11.8 Å². The molecular formula is C23H30N2O3. The summed E-state index contributed by atoms with van der Waals surface area (Å²) in [6.45, 7) is 8.54. The van der Waals surface area contributed by atoms with Gasteiger partial charge in [-0.25, -0.2) is 0 Å². The van der Waals surface area contributed by atoms with Crippen LogP contribution < -0.4 is 10.1 Å². The minimum absolute atomic E-state index is 0.109. The molecule has 0 saturated carbocycles. The van der Waals surface area contributed by atoms with E-state index in [0.29, 0.717) is 18.8 Å². The number of hydrogen-bond donors (Lipinski definition) is 1. The maximum atomic E-state index is 13.0. The first-order valence-corrected chi connectivity index (χ1v) is 9.73. The summed E-state index contributed by atoms with van der Waals surface area (Å²) in [5, 5.41) is 2.87. The molecule has 2 aromatic carbocycles. The van der Waals surface area contributed by atoms with E-state index in [1.165, 1.54) is 0 Å². The van der Waals surface area contributed by atoms with E-state index in [1.807, 2.05) is 69.3 Å². The summed E-state index contributed by atoms with van der Waals surface area (Å²) in [4.78, 5) is 27.0. The predicted molar refractivity (Wildman–Crippen MR) is 111 cm³/mol. The number of benzene rings is 2. The lowest BCUT2D eigenvalue weighted by Gasteiger charge is -2.29. The molecule has 2 rings (SSSR count). The van der Waals surface area contributed by atoms with Gasteiger partial charge in [0.15, 0.2) is 6.61 Å². The van der Waals surface area contributed by atoms with Crippen LogP contribution in [-0.4, -0.2) is 35.9 Å². The highest BCUT2D eigenvalue weighted by Crippen LogP contribution is 2.17. The van der Waals surface area contributed by atoms with Crippen LogP contribution in [0.3, 0.4) is 0 Å². The number of carbonyl (C=O) groups is 2. The molecule has 0 spiro atoms. The highest BCUT2D eigenvalue weighted by Gasteiger charge is 2.26. The number of nitrogens with one attached hydrogen (secondary N) is 1. The summed E-state index contributed by atoms with van der Waals surface area (Å²) < 4.78 is 5.73. The van der Waals surface area contributed by atoms with Crippen molar-refractivity contribution in [2.45, 2.75) is 46.7 Å². The van der Waals surface area contributed by atoms with Crippen LogP contribution in [0, 0.1) is 13.8 Å². The summed E-state index contributed by atoms with van der Waals surface area (Å²) in [7, 11) is 0. The third-order valence-electron chi connectivity index (χ3n) is 4.60. The Labute approximate surface area is 167 Å². The topological polar surface area (TPSA) is 58.6 Å². The molecule has 0 unspecified atom stereocenters. The van der Waals surface area contributed by atoms with Gasteiger partial charge >= 0.3 is 0 Å². The first kappa shape index (κ1) is 21.5. The lowest BCUT2D eigenvalue weighted by atomic mass is 10.1. The Kier molecular flexibility index (Phi) is 8.05. The minimum Gasteiger partial charge on any atom is -0.484 e. The lowest BCUT2D eigenvalue weighted by molar-refractivity contribution is -0.142. The quantitative estimate of drug-likeness (QED) is 0.721. The predicted octanol–water partition coefficient (Wildman–Crippen LogP) is 3.63. The van der Waals surface area contributed by atoms with Crippen molar-refractivity contribution in [3.8, 4) is 5.75 Å². The Hall–Kier alpha value is -2.82. The van der Waals surface area contributed by atoms with E-state index in [0.717, 1.165) is 23.1 Å². The number of ether oxygens (including phenoxy) is 1. The zero-order valence-corrected chi connectivity index (χ0v) is 17.2. The molecule has 5 heteroatoms. The lowest BCUT2D eigenvalue weighted by Crippen LogP contribution is -2.49. The summed E-state index contributed by atoms with van der Waals surface area (Å²) in [6.07, 6.45) is 0.848. The third-order valence-corrected chi connectivity index (χ3v) is 4.60. The van der Waals surface area contributed by atoms with E-state index in [-0.39, 0.29) is 18.4 Å². The minimum atomic E-state index is -0.583. The number of aryl methyl sites for hydroxylation is 2. The number of hydrogen-bond acceptors (Lipinski definition) is 3. The van der Waals surface area contributed by atoms with Crippen molar-refractivity contribution in [3.05, 3.63) is 65.2 Å². The normalized spacial score (nSPS) is 11.6. The van der Waals surface area contributed by atoms with Crippen molar-refractivity contribution < 1.29 is 14.3 Å². The fourth-order valence-corrected chi connectivity index (χ4v) is 2.93. The molecule has 0 aliphatic carbocycles. The maximum Gasteiger partial charge on any atom is 0.261 e. The molecule has 0 radical (unpaired) electrons. The number of amides is 2. The van der Waals surface area contributed by atoms with Crippen molar-refractivity contribution in [1.29, 1.82) is 0 Å². The van der Waals surface area contributed by atoms with Gasteiger partial charge in [-0.1, -0.05) is 55.0 Å². The van der Waals surface area contributed by atoms with Gasteiger partial charge < -0.3 is 15.0 Å². The van der Waals surface area contributed by atoms with Gasteiger partial charge in [-0.05, 0) is 44.4 Å². The average molecular weight is 383 g/mol. The Bertz CT molecular complexity index is 804. The average Bonchev–Trinajstić information content (AvgIpc) is 2.69. The number of rotatable bonds is 9. The van der Waals surface area contributed by atoms with E-state index in [1.54, 1.807) is 11.8 Å². The molecule has 0 saturated heterocycles. The van der Waals surface area contributed by atoms with Gasteiger partial charge in [-0.15, -0.1) is 0 Å². The molecule has 0 fully saturated rings. The second-order valence-electron chi connectivity index (χ2n) is 7.03. The van der Waals surface area contributed by atoms with E-state index in [4.69, 9.17) is 4.74 Å². The molecule has 0 aliphatic rings. The van der Waals surface area contributed by atoms with Crippen molar-refractivity contribution >= 4 is 11.8 Å².